The van der Waals surface area contributed by atoms with E-state index in [1.807, 2.05) is 11.6 Å². The first-order valence-electron chi connectivity index (χ1n) is 4.85. The molecule has 0 amide bonds. The maximum absolute atomic E-state index is 4.35. The van der Waals surface area contributed by atoms with E-state index in [4.69, 9.17) is 0 Å². The third kappa shape index (κ3) is 1.95. The van der Waals surface area contributed by atoms with E-state index in [1.54, 1.807) is 11.3 Å². The summed E-state index contributed by atoms with van der Waals surface area (Å²) in [7, 11) is 0. The Morgan fingerprint density at radius 2 is 2.29 bits per heavy atom. The minimum Gasteiger partial charge on any atom is -0.245 e. The fraction of sp³-hybridized carbons (Fsp3) is 0.417. The Bertz CT molecular complexity index is 371. The Morgan fingerprint density at radius 1 is 1.50 bits per heavy atom. The van der Waals surface area contributed by atoms with Crippen molar-refractivity contribution < 1.29 is 0 Å². The lowest BCUT2D eigenvalue weighted by atomic mass is 9.77. The second-order valence-electron chi connectivity index (χ2n) is 4.60. The average molecular weight is 205 g/mol. The minimum absolute atomic E-state index is 0.246. The summed E-state index contributed by atoms with van der Waals surface area (Å²) in [5.74, 6) is 0. The van der Waals surface area contributed by atoms with Crippen LogP contribution in [0.5, 0.6) is 0 Å². The molecule has 0 fully saturated rings. The van der Waals surface area contributed by atoms with Crippen LogP contribution in [0.15, 0.2) is 29.8 Å². The number of hydrogen-bond acceptors (Lipinski definition) is 2. The molecule has 0 N–H and O–H groups in total. The Labute approximate surface area is 89.2 Å². The molecule has 0 atom stereocenters. The number of hydrogen-bond donors (Lipinski definition) is 0. The van der Waals surface area contributed by atoms with Crippen LogP contribution in [0.2, 0.25) is 0 Å². The van der Waals surface area contributed by atoms with E-state index < -0.39 is 0 Å². The first kappa shape index (κ1) is 9.66. The van der Waals surface area contributed by atoms with Crippen LogP contribution in [0.1, 0.15) is 31.7 Å². The van der Waals surface area contributed by atoms with Gasteiger partial charge in [-0.2, -0.15) is 0 Å². The van der Waals surface area contributed by atoms with Crippen LogP contribution in [-0.2, 0) is 0 Å². The van der Waals surface area contributed by atoms with E-state index in [0.29, 0.717) is 0 Å². The highest BCUT2D eigenvalue weighted by Gasteiger charge is 2.24. The molecule has 0 spiro atoms. The molecule has 0 radical (unpaired) electrons. The maximum Gasteiger partial charge on any atom is 0.119 e. The molecule has 0 aromatic carbocycles. The zero-order chi connectivity index (χ0) is 10.2. The largest absolute Gasteiger partial charge is 0.245 e. The topological polar surface area (TPSA) is 12.9 Å². The molecule has 0 saturated carbocycles. The van der Waals surface area contributed by atoms with Gasteiger partial charge in [0.1, 0.15) is 5.01 Å². The predicted octanol–water partition coefficient (Wildman–Crippen LogP) is 3.90. The molecular weight excluding hydrogens is 190 g/mol. The minimum atomic E-state index is 0.246. The number of aromatic nitrogens is 1. The van der Waals surface area contributed by atoms with Crippen molar-refractivity contribution in [1.82, 2.24) is 4.98 Å². The van der Waals surface area contributed by atoms with Gasteiger partial charge in [-0.3, -0.25) is 0 Å². The summed E-state index contributed by atoms with van der Waals surface area (Å²) in [6, 6.07) is 0. The predicted molar refractivity (Wildman–Crippen MR) is 62.2 cm³/mol. The summed E-state index contributed by atoms with van der Waals surface area (Å²) in [6.07, 6.45) is 6.31. The van der Waals surface area contributed by atoms with Crippen molar-refractivity contribution in [3.8, 4) is 0 Å². The van der Waals surface area contributed by atoms with E-state index in [9.17, 15) is 0 Å². The summed E-state index contributed by atoms with van der Waals surface area (Å²) in [5.41, 5.74) is 2.92. The van der Waals surface area contributed by atoms with Crippen LogP contribution < -0.4 is 0 Å². The summed E-state index contributed by atoms with van der Waals surface area (Å²) < 4.78 is 0. The number of allylic oxidation sites excluding steroid dienone is 3. The van der Waals surface area contributed by atoms with Crippen LogP contribution in [0.4, 0.5) is 0 Å². The lowest BCUT2D eigenvalue weighted by Crippen LogP contribution is -2.14. The lowest BCUT2D eigenvalue weighted by Gasteiger charge is -2.28. The fourth-order valence-electron chi connectivity index (χ4n) is 2.07. The third-order valence-corrected chi connectivity index (χ3v) is 3.27. The van der Waals surface area contributed by atoms with Crippen LogP contribution in [0.3, 0.4) is 0 Å². The van der Waals surface area contributed by atoms with Crippen molar-refractivity contribution in [1.29, 1.82) is 0 Å². The van der Waals surface area contributed by atoms with Gasteiger partial charge >= 0.3 is 0 Å². The molecule has 1 aromatic heterocycles. The number of nitrogens with zero attached hydrogens (tertiary/aromatic N) is 1. The molecule has 1 nitrogen and oxygen atoms in total. The van der Waals surface area contributed by atoms with Gasteiger partial charge in [0.15, 0.2) is 0 Å². The summed E-state index contributed by atoms with van der Waals surface area (Å²) in [6.45, 7) is 8.62. The first-order valence-corrected chi connectivity index (χ1v) is 5.73. The molecule has 1 aliphatic carbocycles. The molecule has 1 heterocycles. The van der Waals surface area contributed by atoms with Crippen molar-refractivity contribution >= 4 is 16.9 Å². The van der Waals surface area contributed by atoms with Gasteiger partial charge in [-0.05, 0) is 23.8 Å². The Balaban J connectivity index is 2.36. The Hall–Kier alpha value is -0.890. The van der Waals surface area contributed by atoms with Crippen molar-refractivity contribution in [3.63, 3.8) is 0 Å². The van der Waals surface area contributed by atoms with Gasteiger partial charge in [-0.15, -0.1) is 11.3 Å². The molecule has 74 valence electrons. The molecule has 2 heteroatoms. The van der Waals surface area contributed by atoms with Gasteiger partial charge < -0.3 is 0 Å². The van der Waals surface area contributed by atoms with E-state index in [2.05, 4.69) is 31.5 Å². The number of rotatable bonds is 1. The van der Waals surface area contributed by atoms with Crippen LogP contribution in [0.25, 0.3) is 5.57 Å². The molecule has 0 unspecified atom stereocenters. The highest BCUT2D eigenvalue weighted by Crippen LogP contribution is 2.39. The summed E-state index contributed by atoms with van der Waals surface area (Å²) >= 11 is 1.71. The second kappa shape index (κ2) is 3.35. The Kier molecular flexibility index (Phi) is 2.31. The molecule has 1 aromatic rings. The number of thiazole rings is 1. The lowest BCUT2D eigenvalue weighted by molar-refractivity contribution is 0.463. The summed E-state index contributed by atoms with van der Waals surface area (Å²) in [4.78, 5) is 4.35. The van der Waals surface area contributed by atoms with Gasteiger partial charge in [0.25, 0.3) is 0 Å². The molecule has 0 bridgehead atoms. The van der Waals surface area contributed by atoms with Crippen molar-refractivity contribution in [2.75, 3.05) is 0 Å². The van der Waals surface area contributed by atoms with Crippen LogP contribution >= 0.6 is 11.3 Å². The molecule has 2 rings (SSSR count). The quantitative estimate of drug-likeness (QED) is 0.634. The van der Waals surface area contributed by atoms with Crippen molar-refractivity contribution in [2.45, 2.75) is 26.7 Å². The molecule has 0 saturated heterocycles. The zero-order valence-corrected chi connectivity index (χ0v) is 9.53. The Morgan fingerprint density at radius 3 is 2.86 bits per heavy atom. The van der Waals surface area contributed by atoms with Crippen molar-refractivity contribution in [3.05, 3.63) is 34.8 Å². The second-order valence-corrected chi connectivity index (χ2v) is 5.49. The molecule has 1 aliphatic rings. The third-order valence-electron chi connectivity index (χ3n) is 2.42. The van der Waals surface area contributed by atoms with Gasteiger partial charge in [-0.25, -0.2) is 4.98 Å². The zero-order valence-electron chi connectivity index (χ0n) is 8.71. The fourth-order valence-corrected chi connectivity index (χ4v) is 2.72. The molecule has 0 aliphatic heterocycles. The van der Waals surface area contributed by atoms with E-state index in [1.165, 1.54) is 11.1 Å². The SMILES string of the molecule is C=C1CC(c2nccs2)=CC(C)(C)C1. The smallest absolute Gasteiger partial charge is 0.119 e. The van der Waals surface area contributed by atoms with Gasteiger partial charge in [0.05, 0.1) is 0 Å². The standard InChI is InChI=1S/C12H15NS/c1-9-6-10(8-12(2,3)7-9)11-13-4-5-14-11/h4-5,8H,1,6-7H2,2-3H3. The van der Waals surface area contributed by atoms with Gasteiger partial charge in [-0.1, -0.05) is 32.1 Å². The van der Waals surface area contributed by atoms with Gasteiger partial charge in [0, 0.05) is 11.6 Å². The van der Waals surface area contributed by atoms with Crippen LogP contribution in [-0.4, -0.2) is 4.98 Å². The molecule has 14 heavy (non-hydrogen) atoms. The van der Waals surface area contributed by atoms with Crippen LogP contribution in [0, 0.1) is 5.41 Å². The van der Waals surface area contributed by atoms with Gasteiger partial charge in [0.2, 0.25) is 0 Å². The normalized spacial score (nSPS) is 20.7. The highest BCUT2D eigenvalue weighted by molar-refractivity contribution is 7.10. The summed E-state index contributed by atoms with van der Waals surface area (Å²) in [5, 5.41) is 3.18. The van der Waals surface area contributed by atoms with E-state index in [0.717, 1.165) is 17.8 Å². The average Bonchev–Trinajstić information content (AvgIpc) is 2.51. The van der Waals surface area contributed by atoms with Crippen molar-refractivity contribution in [2.24, 2.45) is 5.41 Å². The molecular formula is C12H15NS. The maximum atomic E-state index is 4.35. The van der Waals surface area contributed by atoms with E-state index >= 15 is 0 Å². The highest BCUT2D eigenvalue weighted by atomic mass is 32.1. The first-order chi connectivity index (χ1) is 6.57. The van der Waals surface area contributed by atoms with E-state index in [-0.39, 0.29) is 5.41 Å². The monoisotopic (exact) mass is 205 g/mol.